The third kappa shape index (κ3) is 2.01. The highest BCUT2D eigenvalue weighted by Crippen LogP contribution is 2.41. The Morgan fingerprint density at radius 3 is 2.25 bits per heavy atom. The van der Waals surface area contributed by atoms with E-state index in [1.165, 1.54) is 0 Å². The first kappa shape index (κ1) is 10.9. The summed E-state index contributed by atoms with van der Waals surface area (Å²) in [5.41, 5.74) is 0.521. The molecule has 2 rings (SSSR count). The fraction of sp³-hybridized carbons (Fsp3) is 0.100. The number of alkyl halides is 3. The van der Waals surface area contributed by atoms with Gasteiger partial charge in [-0.25, -0.2) is 0 Å². The van der Waals surface area contributed by atoms with Gasteiger partial charge in [-0.1, -0.05) is 30.3 Å². The molecule has 0 unspecified atom stereocenters. The van der Waals surface area contributed by atoms with Gasteiger partial charge >= 0.3 is 6.18 Å². The van der Waals surface area contributed by atoms with Crippen LogP contribution in [0.25, 0.3) is 10.4 Å². The largest absolute Gasteiger partial charge is 0.492 e. The predicted molar refractivity (Wildman–Crippen MR) is 54.2 cm³/mol. The van der Waals surface area contributed by atoms with Gasteiger partial charge < -0.3 is 5.11 Å². The first-order valence-corrected chi connectivity index (χ1v) is 5.12. The van der Waals surface area contributed by atoms with Crippen molar-refractivity contribution in [2.45, 2.75) is 6.18 Å². The number of nitrogens with zero attached hydrogens (tertiary/aromatic N) is 1. The van der Waals surface area contributed by atoms with Gasteiger partial charge in [-0.2, -0.15) is 18.2 Å². The van der Waals surface area contributed by atoms with E-state index in [4.69, 9.17) is 0 Å². The van der Waals surface area contributed by atoms with Gasteiger partial charge in [-0.15, -0.1) is 11.3 Å². The second kappa shape index (κ2) is 3.79. The van der Waals surface area contributed by atoms with Crippen LogP contribution >= 0.6 is 11.3 Å². The van der Waals surface area contributed by atoms with Crippen LogP contribution < -0.4 is 0 Å². The molecule has 0 spiro atoms. The van der Waals surface area contributed by atoms with Crippen molar-refractivity contribution in [2.24, 2.45) is 0 Å². The number of aromatic nitrogens is 1. The minimum absolute atomic E-state index is 0.132. The molecule has 0 atom stereocenters. The van der Waals surface area contributed by atoms with E-state index in [1.807, 2.05) is 0 Å². The minimum atomic E-state index is -4.52. The summed E-state index contributed by atoms with van der Waals surface area (Å²) in [7, 11) is 0. The number of halogens is 3. The fourth-order valence-electron chi connectivity index (χ4n) is 1.21. The molecule has 1 N–H and O–H groups in total. The van der Waals surface area contributed by atoms with E-state index in [9.17, 15) is 18.3 Å². The van der Waals surface area contributed by atoms with E-state index in [0.717, 1.165) is 0 Å². The third-order valence-corrected chi connectivity index (χ3v) is 3.03. The van der Waals surface area contributed by atoms with Gasteiger partial charge in [0.15, 0.2) is 0 Å². The van der Waals surface area contributed by atoms with Crippen molar-refractivity contribution < 1.29 is 18.3 Å². The highest BCUT2D eigenvalue weighted by molar-refractivity contribution is 7.15. The molecular weight excluding hydrogens is 239 g/mol. The summed E-state index contributed by atoms with van der Waals surface area (Å²) >= 11 is 0.433. The summed E-state index contributed by atoms with van der Waals surface area (Å²) in [6, 6.07) is 8.34. The first-order chi connectivity index (χ1) is 7.48. The zero-order valence-electron chi connectivity index (χ0n) is 7.82. The molecule has 0 fully saturated rings. The van der Waals surface area contributed by atoms with Crippen molar-refractivity contribution in [3.05, 3.63) is 35.3 Å². The van der Waals surface area contributed by atoms with Crippen LogP contribution in [0.15, 0.2) is 30.3 Å². The molecule has 0 aliphatic rings. The standard InChI is InChI=1S/C10H6F3NOS/c11-10(12,13)9-14-8(15)7(16-9)6-4-2-1-3-5-6/h1-5,15H. The van der Waals surface area contributed by atoms with Crippen molar-refractivity contribution in [3.8, 4) is 16.3 Å². The smallest absolute Gasteiger partial charge is 0.443 e. The van der Waals surface area contributed by atoms with Crippen molar-refractivity contribution in [2.75, 3.05) is 0 Å². The molecule has 2 aromatic rings. The molecule has 0 bridgehead atoms. The van der Waals surface area contributed by atoms with E-state index in [-0.39, 0.29) is 4.88 Å². The van der Waals surface area contributed by atoms with Gasteiger partial charge in [0, 0.05) is 0 Å². The number of hydrogen-bond acceptors (Lipinski definition) is 3. The number of thiazole rings is 1. The van der Waals surface area contributed by atoms with Crippen molar-refractivity contribution >= 4 is 11.3 Å². The minimum Gasteiger partial charge on any atom is -0.492 e. The molecule has 1 aromatic carbocycles. The van der Waals surface area contributed by atoms with Gasteiger partial charge in [0.2, 0.25) is 10.9 Å². The Hall–Kier alpha value is -1.56. The lowest BCUT2D eigenvalue weighted by atomic mass is 10.2. The monoisotopic (exact) mass is 245 g/mol. The molecule has 0 radical (unpaired) electrons. The van der Waals surface area contributed by atoms with Crippen LogP contribution in [0.3, 0.4) is 0 Å². The quantitative estimate of drug-likeness (QED) is 0.833. The maximum Gasteiger partial charge on any atom is 0.443 e. The Morgan fingerprint density at radius 2 is 1.75 bits per heavy atom. The second-order valence-corrected chi connectivity index (χ2v) is 4.03. The molecular formula is C10H6F3NOS. The summed E-state index contributed by atoms with van der Waals surface area (Å²) in [4.78, 5) is 3.24. The number of aromatic hydroxyl groups is 1. The molecule has 1 heterocycles. The number of benzene rings is 1. The van der Waals surface area contributed by atoms with Crippen LogP contribution in [0.2, 0.25) is 0 Å². The zero-order chi connectivity index (χ0) is 11.8. The van der Waals surface area contributed by atoms with E-state index >= 15 is 0 Å². The van der Waals surface area contributed by atoms with Crippen LogP contribution in [0.4, 0.5) is 13.2 Å². The summed E-state index contributed by atoms with van der Waals surface area (Å²) < 4.78 is 37.0. The number of hydrogen-bond donors (Lipinski definition) is 1. The first-order valence-electron chi connectivity index (χ1n) is 4.31. The lowest BCUT2D eigenvalue weighted by Gasteiger charge is -1.98. The molecule has 2 nitrogen and oxygen atoms in total. The van der Waals surface area contributed by atoms with E-state index in [1.54, 1.807) is 30.3 Å². The fourth-order valence-corrected chi connectivity index (χ4v) is 2.04. The average molecular weight is 245 g/mol. The Balaban J connectivity index is 2.48. The Kier molecular flexibility index (Phi) is 2.59. The molecule has 0 aliphatic carbocycles. The van der Waals surface area contributed by atoms with Crippen LogP contribution in [-0.2, 0) is 6.18 Å². The molecule has 0 aliphatic heterocycles. The van der Waals surface area contributed by atoms with Crippen LogP contribution in [0.5, 0.6) is 5.88 Å². The summed E-state index contributed by atoms with van der Waals surface area (Å²) in [6.45, 7) is 0. The van der Waals surface area contributed by atoms with Crippen molar-refractivity contribution in [3.63, 3.8) is 0 Å². The predicted octanol–water partition coefficient (Wildman–Crippen LogP) is 3.53. The second-order valence-electron chi connectivity index (χ2n) is 3.04. The average Bonchev–Trinajstić information content (AvgIpc) is 2.61. The van der Waals surface area contributed by atoms with Gasteiger partial charge in [-0.3, -0.25) is 0 Å². The molecule has 16 heavy (non-hydrogen) atoms. The summed E-state index contributed by atoms with van der Waals surface area (Å²) in [6.07, 6.45) is -4.52. The zero-order valence-corrected chi connectivity index (χ0v) is 8.64. The SMILES string of the molecule is Oc1nc(C(F)(F)F)sc1-c1ccccc1. The lowest BCUT2D eigenvalue weighted by molar-refractivity contribution is -0.137. The Bertz CT molecular complexity index is 493. The topological polar surface area (TPSA) is 33.1 Å². The maximum atomic E-state index is 12.3. The van der Waals surface area contributed by atoms with Gasteiger partial charge in [0.05, 0.1) is 4.88 Å². The summed E-state index contributed by atoms with van der Waals surface area (Å²) in [5.74, 6) is -0.580. The van der Waals surface area contributed by atoms with Gasteiger partial charge in [-0.05, 0) is 5.56 Å². The molecule has 1 aromatic heterocycles. The molecule has 0 saturated carbocycles. The summed E-state index contributed by atoms with van der Waals surface area (Å²) in [5, 5.41) is 8.31. The molecule has 0 saturated heterocycles. The highest BCUT2D eigenvalue weighted by Gasteiger charge is 2.36. The van der Waals surface area contributed by atoms with E-state index in [0.29, 0.717) is 16.9 Å². The van der Waals surface area contributed by atoms with Gasteiger partial charge in [0.1, 0.15) is 0 Å². The molecule has 0 amide bonds. The van der Waals surface area contributed by atoms with Crippen molar-refractivity contribution in [1.82, 2.24) is 4.98 Å². The van der Waals surface area contributed by atoms with E-state index < -0.39 is 17.1 Å². The molecule has 6 heteroatoms. The van der Waals surface area contributed by atoms with Gasteiger partial charge in [0.25, 0.3) is 0 Å². The highest BCUT2D eigenvalue weighted by atomic mass is 32.1. The van der Waals surface area contributed by atoms with Crippen LogP contribution in [0.1, 0.15) is 5.01 Å². The maximum absolute atomic E-state index is 12.3. The number of rotatable bonds is 1. The van der Waals surface area contributed by atoms with E-state index in [2.05, 4.69) is 4.98 Å². The lowest BCUT2D eigenvalue weighted by Crippen LogP contribution is -2.03. The Morgan fingerprint density at radius 1 is 1.12 bits per heavy atom. The third-order valence-electron chi connectivity index (χ3n) is 1.89. The van der Waals surface area contributed by atoms with Crippen molar-refractivity contribution in [1.29, 1.82) is 0 Å². The normalized spacial score (nSPS) is 11.7. The molecule has 84 valence electrons. The van der Waals surface area contributed by atoms with Crippen LogP contribution in [0, 0.1) is 0 Å². The Labute approximate surface area is 93.0 Å². The van der Waals surface area contributed by atoms with Crippen LogP contribution in [-0.4, -0.2) is 10.1 Å².